The molecule has 0 aliphatic carbocycles. The van der Waals surface area contributed by atoms with E-state index in [1.807, 2.05) is 18.7 Å². The van der Waals surface area contributed by atoms with Crippen LogP contribution in [0, 0.1) is 11.6 Å². The van der Waals surface area contributed by atoms with Gasteiger partial charge in [-0.2, -0.15) is 13.2 Å². The molecule has 0 atom stereocenters. The Morgan fingerprint density at radius 3 is 2.31 bits per heavy atom. The first-order chi connectivity index (χ1) is 18.4. The summed E-state index contributed by atoms with van der Waals surface area (Å²) >= 11 is 6.16. The van der Waals surface area contributed by atoms with Crippen molar-refractivity contribution in [3.63, 3.8) is 0 Å². The number of hydrogen-bond acceptors (Lipinski definition) is 5. The number of hydrogen-bond donors (Lipinski definition) is 3. The maximum atomic E-state index is 14.9. The van der Waals surface area contributed by atoms with Gasteiger partial charge < -0.3 is 20.6 Å². The largest absolute Gasteiger partial charge is 0.390 e. The van der Waals surface area contributed by atoms with Crippen molar-refractivity contribution in [1.29, 1.82) is 0 Å². The summed E-state index contributed by atoms with van der Waals surface area (Å²) in [5, 5.41) is 16.3. The van der Waals surface area contributed by atoms with Crippen LogP contribution in [0.15, 0.2) is 30.3 Å². The van der Waals surface area contributed by atoms with Crippen molar-refractivity contribution in [2.24, 2.45) is 0 Å². The lowest BCUT2D eigenvalue weighted by atomic mass is 9.97. The number of alkyl halides is 3. The minimum absolute atomic E-state index is 0.0224. The van der Waals surface area contributed by atoms with Crippen LogP contribution in [-0.2, 0) is 6.54 Å². The molecule has 6 nitrogen and oxygen atoms in total. The predicted octanol–water partition coefficient (Wildman–Crippen LogP) is 5.59. The van der Waals surface area contributed by atoms with Gasteiger partial charge in [0, 0.05) is 56.4 Å². The molecule has 1 aliphatic heterocycles. The van der Waals surface area contributed by atoms with Crippen LogP contribution in [0.2, 0.25) is 5.02 Å². The van der Waals surface area contributed by atoms with E-state index in [9.17, 15) is 31.9 Å². The standard InChI is InChI=1S/C27H34ClF5N4O2/c1-3-26(39,4-2)17-34-16-18-5-7-20(24(30)23(18)29)25(38)35-21-8-6-19(28)15-22(21)37-13-11-36(12-14-37)10-9-27(31,32)33/h5-8,15,34,39H,3-4,9-14,16-17H2,1-2H3,(H,35,38). The van der Waals surface area contributed by atoms with Gasteiger partial charge in [-0.3, -0.25) is 9.69 Å². The Morgan fingerprint density at radius 2 is 1.69 bits per heavy atom. The first-order valence-corrected chi connectivity index (χ1v) is 13.3. The van der Waals surface area contributed by atoms with Crippen LogP contribution in [0.3, 0.4) is 0 Å². The zero-order valence-electron chi connectivity index (χ0n) is 22.0. The van der Waals surface area contributed by atoms with Gasteiger partial charge in [0.2, 0.25) is 0 Å². The Bertz CT molecular complexity index is 1140. The average molecular weight is 577 g/mol. The minimum Gasteiger partial charge on any atom is -0.389 e. The molecular formula is C27H34ClF5N4O2. The van der Waals surface area contributed by atoms with E-state index in [4.69, 9.17) is 11.6 Å². The summed E-state index contributed by atoms with van der Waals surface area (Å²) in [5.74, 6) is -3.30. The monoisotopic (exact) mass is 576 g/mol. The number of rotatable bonds is 11. The van der Waals surface area contributed by atoms with Crippen LogP contribution in [0.5, 0.6) is 0 Å². The second-order valence-electron chi connectivity index (χ2n) is 9.74. The molecule has 39 heavy (non-hydrogen) atoms. The molecule has 0 bridgehead atoms. The summed E-state index contributed by atoms with van der Waals surface area (Å²) in [6.07, 6.45) is -4.09. The third kappa shape index (κ3) is 8.51. The highest BCUT2D eigenvalue weighted by Gasteiger charge is 2.29. The van der Waals surface area contributed by atoms with E-state index in [1.165, 1.54) is 12.1 Å². The van der Waals surface area contributed by atoms with Crippen molar-refractivity contribution < 1.29 is 31.9 Å². The lowest BCUT2D eigenvalue weighted by Crippen LogP contribution is -2.47. The zero-order chi connectivity index (χ0) is 28.8. The van der Waals surface area contributed by atoms with E-state index in [0.717, 1.165) is 0 Å². The van der Waals surface area contributed by atoms with Gasteiger partial charge in [-0.1, -0.05) is 31.5 Å². The van der Waals surface area contributed by atoms with Crippen molar-refractivity contribution in [2.75, 3.05) is 49.5 Å². The summed E-state index contributed by atoms with van der Waals surface area (Å²) in [6, 6.07) is 7.22. The maximum Gasteiger partial charge on any atom is 0.390 e. The molecule has 2 aromatic rings. The van der Waals surface area contributed by atoms with Crippen LogP contribution in [-0.4, -0.2) is 67.0 Å². The van der Waals surface area contributed by atoms with Gasteiger partial charge in [0.25, 0.3) is 5.91 Å². The summed E-state index contributed by atoms with van der Waals surface area (Å²) in [6.45, 7) is 5.34. The second-order valence-corrected chi connectivity index (χ2v) is 10.2. The van der Waals surface area contributed by atoms with Crippen LogP contribution < -0.4 is 15.5 Å². The lowest BCUT2D eigenvalue weighted by molar-refractivity contribution is -0.138. The van der Waals surface area contributed by atoms with Gasteiger partial charge in [0.1, 0.15) is 0 Å². The van der Waals surface area contributed by atoms with Gasteiger partial charge in [0.15, 0.2) is 11.6 Å². The Labute approximate surface area is 230 Å². The highest BCUT2D eigenvalue weighted by Crippen LogP contribution is 2.31. The topological polar surface area (TPSA) is 67.8 Å². The van der Waals surface area contributed by atoms with Gasteiger partial charge in [-0.05, 0) is 37.1 Å². The number of nitrogens with one attached hydrogen (secondary N) is 2. The number of aliphatic hydroxyl groups is 1. The number of nitrogens with zero attached hydrogens (tertiary/aromatic N) is 2. The maximum absolute atomic E-state index is 14.9. The molecule has 1 heterocycles. The van der Waals surface area contributed by atoms with Crippen LogP contribution in [0.25, 0.3) is 0 Å². The zero-order valence-corrected chi connectivity index (χ0v) is 22.7. The molecule has 1 saturated heterocycles. The highest BCUT2D eigenvalue weighted by atomic mass is 35.5. The van der Waals surface area contributed by atoms with E-state index >= 15 is 0 Å². The molecular weight excluding hydrogens is 543 g/mol. The molecule has 12 heteroatoms. The molecule has 3 N–H and O–H groups in total. The number of piperazine rings is 1. The van der Waals surface area contributed by atoms with Crippen molar-refractivity contribution >= 4 is 28.9 Å². The van der Waals surface area contributed by atoms with E-state index in [1.54, 1.807) is 23.1 Å². The quantitative estimate of drug-likeness (QED) is 0.305. The number of carbonyl (C=O) groups is 1. The Morgan fingerprint density at radius 1 is 1.03 bits per heavy atom. The number of anilines is 2. The Kier molecular flexibility index (Phi) is 10.6. The van der Waals surface area contributed by atoms with Crippen LogP contribution in [0.1, 0.15) is 49.0 Å². The highest BCUT2D eigenvalue weighted by molar-refractivity contribution is 6.31. The molecule has 1 aliphatic rings. The van der Waals surface area contributed by atoms with Gasteiger partial charge >= 0.3 is 6.18 Å². The molecule has 0 unspecified atom stereocenters. The average Bonchev–Trinajstić information content (AvgIpc) is 2.90. The smallest absolute Gasteiger partial charge is 0.389 e. The Hall–Kier alpha value is -2.47. The van der Waals surface area contributed by atoms with Crippen molar-refractivity contribution in [1.82, 2.24) is 10.2 Å². The van der Waals surface area contributed by atoms with E-state index in [2.05, 4.69) is 10.6 Å². The lowest BCUT2D eigenvalue weighted by Gasteiger charge is -2.37. The summed E-state index contributed by atoms with van der Waals surface area (Å²) in [4.78, 5) is 16.5. The number of carbonyl (C=O) groups excluding carboxylic acids is 1. The second kappa shape index (κ2) is 13.3. The fourth-order valence-corrected chi connectivity index (χ4v) is 4.56. The van der Waals surface area contributed by atoms with Gasteiger partial charge in [-0.15, -0.1) is 0 Å². The first kappa shape index (κ1) is 31.1. The molecule has 0 radical (unpaired) electrons. The van der Waals surface area contributed by atoms with E-state index in [-0.39, 0.29) is 25.2 Å². The SMILES string of the molecule is CCC(O)(CC)CNCc1ccc(C(=O)Nc2ccc(Cl)cc2N2CCN(CCC(F)(F)F)CC2)c(F)c1F. The molecule has 216 valence electrons. The van der Waals surface area contributed by atoms with E-state index < -0.39 is 41.3 Å². The third-order valence-electron chi connectivity index (χ3n) is 7.13. The molecule has 0 aromatic heterocycles. The molecule has 0 saturated carbocycles. The summed E-state index contributed by atoms with van der Waals surface area (Å²) < 4.78 is 67.4. The summed E-state index contributed by atoms with van der Waals surface area (Å²) in [5.41, 5.74) is -0.549. The summed E-state index contributed by atoms with van der Waals surface area (Å²) in [7, 11) is 0. The molecule has 1 amide bonds. The number of benzene rings is 2. The van der Waals surface area contributed by atoms with Crippen molar-refractivity contribution in [2.45, 2.75) is 51.4 Å². The predicted molar refractivity (Wildman–Crippen MR) is 142 cm³/mol. The molecule has 1 fully saturated rings. The minimum atomic E-state index is -4.22. The molecule has 2 aromatic carbocycles. The third-order valence-corrected chi connectivity index (χ3v) is 7.36. The number of amides is 1. The fourth-order valence-electron chi connectivity index (χ4n) is 4.39. The van der Waals surface area contributed by atoms with E-state index in [0.29, 0.717) is 55.4 Å². The fraction of sp³-hybridized carbons (Fsp3) is 0.519. The van der Waals surface area contributed by atoms with Crippen molar-refractivity contribution in [3.8, 4) is 0 Å². The van der Waals surface area contributed by atoms with Crippen LogP contribution in [0.4, 0.5) is 33.3 Å². The van der Waals surface area contributed by atoms with Crippen LogP contribution >= 0.6 is 11.6 Å². The molecule has 0 spiro atoms. The van der Waals surface area contributed by atoms with Gasteiger partial charge in [-0.25, -0.2) is 8.78 Å². The number of halogens is 6. The van der Waals surface area contributed by atoms with Crippen molar-refractivity contribution in [3.05, 3.63) is 58.1 Å². The first-order valence-electron chi connectivity index (χ1n) is 12.9. The molecule has 3 rings (SSSR count). The Balaban J connectivity index is 1.68. The van der Waals surface area contributed by atoms with Gasteiger partial charge in [0.05, 0.1) is 29.0 Å². The normalized spacial score (nSPS) is 15.1.